The summed E-state index contributed by atoms with van der Waals surface area (Å²) in [5.74, 6) is -0.784. The summed E-state index contributed by atoms with van der Waals surface area (Å²) < 4.78 is 0. The summed E-state index contributed by atoms with van der Waals surface area (Å²) >= 11 is 0. The molecular formula is C20H30O2. The van der Waals surface area contributed by atoms with Crippen LogP contribution in [0.1, 0.15) is 93.8 Å². The third-order valence-corrected chi connectivity index (χ3v) is 5.36. The normalized spacial score (nSPS) is 18.8. The molecule has 0 heterocycles. The Labute approximate surface area is 134 Å². The van der Waals surface area contributed by atoms with Crippen LogP contribution in [0.25, 0.3) is 0 Å². The van der Waals surface area contributed by atoms with Crippen LogP contribution in [0.15, 0.2) is 12.1 Å². The van der Waals surface area contributed by atoms with E-state index in [0.717, 1.165) is 44.1 Å². The SMILES string of the molecule is CCCCCc1cc2c(cc1C(=O)O)C(C)(C)CCC2(C)C. The highest BCUT2D eigenvalue weighted by atomic mass is 16.4. The Balaban J connectivity index is 2.54. The smallest absolute Gasteiger partial charge is 0.335 e. The summed E-state index contributed by atoms with van der Waals surface area (Å²) in [6.07, 6.45) is 6.53. The molecule has 2 heteroatoms. The van der Waals surface area contributed by atoms with E-state index >= 15 is 0 Å². The molecule has 0 bridgehead atoms. The maximum absolute atomic E-state index is 11.7. The average molecular weight is 302 g/mol. The number of benzene rings is 1. The first-order valence-corrected chi connectivity index (χ1v) is 8.60. The second-order valence-corrected chi connectivity index (χ2v) is 8.08. The van der Waals surface area contributed by atoms with Gasteiger partial charge in [-0.25, -0.2) is 4.79 Å². The Kier molecular flexibility index (Phi) is 4.70. The van der Waals surface area contributed by atoms with Crippen LogP contribution in [-0.2, 0) is 17.3 Å². The minimum atomic E-state index is -0.784. The van der Waals surface area contributed by atoms with Crippen molar-refractivity contribution in [2.24, 2.45) is 0 Å². The van der Waals surface area contributed by atoms with Gasteiger partial charge in [0.2, 0.25) is 0 Å². The van der Waals surface area contributed by atoms with E-state index in [1.807, 2.05) is 6.07 Å². The number of fused-ring (bicyclic) bond motifs is 1. The molecule has 0 fully saturated rings. The number of hydrogen-bond acceptors (Lipinski definition) is 1. The van der Waals surface area contributed by atoms with Gasteiger partial charge in [-0.1, -0.05) is 53.5 Å². The molecule has 0 aliphatic heterocycles. The fourth-order valence-electron chi connectivity index (χ4n) is 3.63. The van der Waals surface area contributed by atoms with Crippen molar-refractivity contribution in [3.63, 3.8) is 0 Å². The van der Waals surface area contributed by atoms with Crippen molar-refractivity contribution in [3.8, 4) is 0 Å². The average Bonchev–Trinajstić information content (AvgIpc) is 2.43. The number of carbonyl (C=O) groups is 1. The van der Waals surface area contributed by atoms with Crippen molar-refractivity contribution >= 4 is 5.97 Å². The maximum Gasteiger partial charge on any atom is 0.335 e. The van der Waals surface area contributed by atoms with Gasteiger partial charge in [0.1, 0.15) is 0 Å². The summed E-state index contributed by atoms with van der Waals surface area (Å²) in [7, 11) is 0. The van der Waals surface area contributed by atoms with Crippen molar-refractivity contribution in [1.29, 1.82) is 0 Å². The van der Waals surface area contributed by atoms with Gasteiger partial charge in [0.15, 0.2) is 0 Å². The number of aromatic carboxylic acids is 1. The highest BCUT2D eigenvalue weighted by molar-refractivity contribution is 5.90. The predicted molar refractivity (Wildman–Crippen MR) is 91.9 cm³/mol. The second-order valence-electron chi connectivity index (χ2n) is 8.08. The number of hydrogen-bond donors (Lipinski definition) is 1. The standard InChI is InChI=1S/C20H30O2/c1-6-7-8-9-14-12-16-17(13-15(14)18(21)22)20(4,5)11-10-19(16,2)3/h12-13H,6-11H2,1-5H3,(H,21,22). The van der Waals surface area contributed by atoms with Crippen LogP contribution in [0, 0.1) is 0 Å². The molecule has 0 spiro atoms. The van der Waals surface area contributed by atoms with Crippen LogP contribution in [0.4, 0.5) is 0 Å². The van der Waals surface area contributed by atoms with E-state index in [4.69, 9.17) is 0 Å². The summed E-state index contributed by atoms with van der Waals surface area (Å²) in [5.41, 5.74) is 4.34. The second kappa shape index (κ2) is 6.06. The van der Waals surface area contributed by atoms with E-state index in [1.165, 1.54) is 11.1 Å². The van der Waals surface area contributed by atoms with Gasteiger partial charge in [0, 0.05) is 0 Å². The summed E-state index contributed by atoms with van der Waals surface area (Å²) in [5, 5.41) is 9.62. The lowest BCUT2D eigenvalue weighted by molar-refractivity contribution is 0.0695. The molecule has 0 saturated heterocycles. The van der Waals surface area contributed by atoms with Crippen molar-refractivity contribution in [3.05, 3.63) is 34.4 Å². The van der Waals surface area contributed by atoms with Gasteiger partial charge >= 0.3 is 5.97 Å². The molecule has 22 heavy (non-hydrogen) atoms. The predicted octanol–water partition coefficient (Wildman–Crippen LogP) is 5.47. The van der Waals surface area contributed by atoms with Crippen molar-refractivity contribution in [2.45, 2.75) is 84.0 Å². The summed E-state index contributed by atoms with van der Waals surface area (Å²) in [4.78, 5) is 11.7. The van der Waals surface area contributed by atoms with E-state index in [2.05, 4.69) is 40.7 Å². The third-order valence-electron chi connectivity index (χ3n) is 5.36. The monoisotopic (exact) mass is 302 g/mol. The molecule has 0 atom stereocenters. The Morgan fingerprint density at radius 2 is 1.59 bits per heavy atom. The topological polar surface area (TPSA) is 37.3 Å². The molecule has 1 aliphatic carbocycles. The zero-order valence-corrected chi connectivity index (χ0v) is 14.8. The first-order valence-electron chi connectivity index (χ1n) is 8.60. The summed E-state index contributed by atoms with van der Waals surface area (Å²) in [6, 6.07) is 4.18. The molecule has 0 amide bonds. The Morgan fingerprint density at radius 3 is 2.09 bits per heavy atom. The molecule has 0 unspecified atom stereocenters. The molecule has 1 N–H and O–H groups in total. The van der Waals surface area contributed by atoms with Crippen LogP contribution in [0.5, 0.6) is 0 Å². The van der Waals surface area contributed by atoms with Gasteiger partial charge in [-0.15, -0.1) is 0 Å². The first kappa shape index (κ1) is 17.1. The zero-order chi connectivity index (χ0) is 16.5. The lowest BCUT2D eigenvalue weighted by atomic mass is 9.62. The molecule has 1 aromatic carbocycles. The highest BCUT2D eigenvalue weighted by Gasteiger charge is 2.38. The van der Waals surface area contributed by atoms with Crippen LogP contribution in [-0.4, -0.2) is 11.1 Å². The molecule has 0 saturated carbocycles. The lowest BCUT2D eigenvalue weighted by Gasteiger charge is -2.42. The van der Waals surface area contributed by atoms with Crippen molar-refractivity contribution < 1.29 is 9.90 Å². The number of carboxylic acids is 1. The van der Waals surface area contributed by atoms with E-state index in [9.17, 15) is 9.90 Å². The van der Waals surface area contributed by atoms with E-state index in [1.54, 1.807) is 0 Å². The fourth-order valence-corrected chi connectivity index (χ4v) is 3.63. The summed E-state index contributed by atoms with van der Waals surface area (Å²) in [6.45, 7) is 11.2. The van der Waals surface area contributed by atoms with Gasteiger partial charge < -0.3 is 5.11 Å². The molecule has 2 nitrogen and oxygen atoms in total. The van der Waals surface area contributed by atoms with Crippen LogP contribution in [0.2, 0.25) is 0 Å². The molecule has 1 aromatic rings. The van der Waals surface area contributed by atoms with Crippen molar-refractivity contribution in [2.75, 3.05) is 0 Å². The van der Waals surface area contributed by atoms with E-state index in [-0.39, 0.29) is 10.8 Å². The van der Waals surface area contributed by atoms with Gasteiger partial charge in [0.05, 0.1) is 5.56 Å². The Morgan fingerprint density at radius 1 is 1.05 bits per heavy atom. The van der Waals surface area contributed by atoms with Gasteiger partial charge in [0.25, 0.3) is 0 Å². The van der Waals surface area contributed by atoms with Gasteiger partial charge in [-0.2, -0.15) is 0 Å². The molecule has 122 valence electrons. The van der Waals surface area contributed by atoms with Crippen LogP contribution in [0.3, 0.4) is 0 Å². The quantitative estimate of drug-likeness (QED) is 0.733. The number of carboxylic acid groups (broad SMARTS) is 1. The van der Waals surface area contributed by atoms with Crippen LogP contribution >= 0.6 is 0 Å². The lowest BCUT2D eigenvalue weighted by Crippen LogP contribution is -2.34. The fraction of sp³-hybridized carbons (Fsp3) is 0.650. The van der Waals surface area contributed by atoms with E-state index in [0.29, 0.717) is 5.56 Å². The molecule has 0 aromatic heterocycles. The first-order chi connectivity index (χ1) is 10.2. The molecular weight excluding hydrogens is 272 g/mol. The number of unbranched alkanes of at least 4 members (excludes halogenated alkanes) is 2. The van der Waals surface area contributed by atoms with Gasteiger partial charge in [-0.05, 0) is 59.3 Å². The maximum atomic E-state index is 11.7. The molecule has 1 aliphatic rings. The van der Waals surface area contributed by atoms with E-state index < -0.39 is 5.97 Å². The largest absolute Gasteiger partial charge is 0.478 e. The Hall–Kier alpha value is -1.31. The number of aryl methyl sites for hydroxylation is 1. The number of rotatable bonds is 5. The minimum Gasteiger partial charge on any atom is -0.478 e. The highest BCUT2D eigenvalue weighted by Crippen LogP contribution is 2.46. The zero-order valence-electron chi connectivity index (χ0n) is 14.8. The molecule has 2 rings (SSSR count). The van der Waals surface area contributed by atoms with Gasteiger partial charge in [-0.3, -0.25) is 0 Å². The third kappa shape index (κ3) is 3.21. The van der Waals surface area contributed by atoms with Crippen molar-refractivity contribution in [1.82, 2.24) is 0 Å². The molecule has 0 radical (unpaired) electrons. The minimum absolute atomic E-state index is 0.0665. The van der Waals surface area contributed by atoms with Crippen LogP contribution < -0.4 is 0 Å². The Bertz CT molecular complexity index is 567.